The van der Waals surface area contributed by atoms with Gasteiger partial charge in [-0.05, 0) is 30.5 Å². The molecule has 6 heteroatoms. The number of ether oxygens (including phenoxy) is 1. The van der Waals surface area contributed by atoms with Gasteiger partial charge in [-0.15, -0.1) is 0 Å². The summed E-state index contributed by atoms with van der Waals surface area (Å²) in [7, 11) is 0. The van der Waals surface area contributed by atoms with Gasteiger partial charge in [-0.2, -0.15) is 0 Å². The molecule has 1 amide bonds. The van der Waals surface area contributed by atoms with Crippen LogP contribution in [-0.4, -0.2) is 28.9 Å². The van der Waals surface area contributed by atoms with Crippen molar-refractivity contribution in [3.63, 3.8) is 0 Å². The van der Waals surface area contributed by atoms with E-state index in [0.717, 1.165) is 6.42 Å². The summed E-state index contributed by atoms with van der Waals surface area (Å²) < 4.78 is 4.93. The van der Waals surface area contributed by atoms with Gasteiger partial charge in [0.25, 0.3) is 0 Å². The summed E-state index contributed by atoms with van der Waals surface area (Å²) in [6, 6.07) is 3.76. The summed E-state index contributed by atoms with van der Waals surface area (Å²) in [5.41, 5.74) is -0.0234. The number of aromatic carboxylic acids is 1. The third kappa shape index (κ3) is 4.87. The van der Waals surface area contributed by atoms with Gasteiger partial charge in [0.1, 0.15) is 11.3 Å². The lowest BCUT2D eigenvalue weighted by molar-refractivity contribution is 0.0693. The van der Waals surface area contributed by atoms with Gasteiger partial charge in [0.15, 0.2) is 0 Å². The normalized spacial score (nSPS) is 10.3. The molecule has 104 valence electrons. The van der Waals surface area contributed by atoms with Crippen LogP contribution >= 0.6 is 0 Å². The molecule has 0 spiro atoms. The molecule has 1 rings (SSSR count). The molecule has 0 heterocycles. The van der Waals surface area contributed by atoms with Crippen LogP contribution in [0.2, 0.25) is 0 Å². The van der Waals surface area contributed by atoms with Gasteiger partial charge >= 0.3 is 12.1 Å². The van der Waals surface area contributed by atoms with Crippen LogP contribution in [-0.2, 0) is 4.74 Å². The number of carboxylic acid groups (broad SMARTS) is 1. The van der Waals surface area contributed by atoms with E-state index in [1.54, 1.807) is 0 Å². The second-order valence-corrected chi connectivity index (χ2v) is 4.48. The highest BCUT2D eigenvalue weighted by atomic mass is 16.5. The predicted octanol–water partition coefficient (Wildman–Crippen LogP) is 2.69. The molecule has 0 fully saturated rings. The molecule has 6 nitrogen and oxygen atoms in total. The lowest BCUT2D eigenvalue weighted by Gasteiger charge is -2.09. The Labute approximate surface area is 111 Å². The number of rotatable bonds is 5. The van der Waals surface area contributed by atoms with E-state index in [-0.39, 0.29) is 17.0 Å². The van der Waals surface area contributed by atoms with E-state index < -0.39 is 12.1 Å². The van der Waals surface area contributed by atoms with Crippen molar-refractivity contribution in [1.82, 2.24) is 0 Å². The summed E-state index contributed by atoms with van der Waals surface area (Å²) in [5.74, 6) is -1.19. The molecule has 19 heavy (non-hydrogen) atoms. The molecule has 0 atom stereocenters. The maximum absolute atomic E-state index is 11.4. The van der Waals surface area contributed by atoms with Crippen molar-refractivity contribution in [1.29, 1.82) is 0 Å². The smallest absolute Gasteiger partial charge is 0.411 e. The van der Waals surface area contributed by atoms with Gasteiger partial charge in [-0.1, -0.05) is 13.8 Å². The van der Waals surface area contributed by atoms with Crippen LogP contribution < -0.4 is 5.32 Å². The number of hydrogen-bond acceptors (Lipinski definition) is 4. The summed E-state index contributed by atoms with van der Waals surface area (Å²) in [5, 5.41) is 20.5. The van der Waals surface area contributed by atoms with Crippen LogP contribution in [0.15, 0.2) is 18.2 Å². The number of anilines is 1. The van der Waals surface area contributed by atoms with Crippen molar-refractivity contribution in [2.24, 2.45) is 5.92 Å². The van der Waals surface area contributed by atoms with Crippen LogP contribution in [0.3, 0.4) is 0 Å². The number of hydrogen-bond donors (Lipinski definition) is 3. The fourth-order valence-electron chi connectivity index (χ4n) is 1.33. The first kappa shape index (κ1) is 14.8. The fraction of sp³-hybridized carbons (Fsp3) is 0.385. The SMILES string of the molecule is CC(C)CCOC(=O)Nc1ccc(O)c(C(=O)O)c1. The topological polar surface area (TPSA) is 95.9 Å². The molecule has 0 saturated carbocycles. The van der Waals surface area contributed by atoms with Gasteiger partial charge in [0.2, 0.25) is 0 Å². The van der Waals surface area contributed by atoms with Gasteiger partial charge in [-0.3, -0.25) is 5.32 Å². The Morgan fingerprint density at radius 2 is 2.05 bits per heavy atom. The average Bonchev–Trinajstić information content (AvgIpc) is 2.30. The summed E-state index contributed by atoms with van der Waals surface area (Å²) in [6.07, 6.45) is 0.103. The van der Waals surface area contributed by atoms with Crippen LogP contribution in [0.5, 0.6) is 5.75 Å². The first-order valence-corrected chi connectivity index (χ1v) is 5.90. The molecule has 1 aromatic carbocycles. The predicted molar refractivity (Wildman–Crippen MR) is 69.5 cm³/mol. The Morgan fingerprint density at radius 1 is 1.37 bits per heavy atom. The molecular formula is C13H17NO5. The number of phenols is 1. The number of carbonyl (C=O) groups is 2. The summed E-state index contributed by atoms with van der Waals surface area (Å²) in [4.78, 5) is 22.2. The van der Waals surface area contributed by atoms with Crippen molar-refractivity contribution in [3.05, 3.63) is 23.8 Å². The standard InChI is InChI=1S/C13H17NO5/c1-8(2)5-6-19-13(18)14-9-3-4-11(15)10(7-9)12(16)17/h3-4,7-8,15H,5-6H2,1-2H3,(H,14,18)(H,16,17). The Kier molecular flexibility index (Phi) is 5.17. The van der Waals surface area contributed by atoms with E-state index in [0.29, 0.717) is 12.5 Å². The molecule has 0 aliphatic carbocycles. The van der Waals surface area contributed by atoms with Crippen molar-refractivity contribution >= 4 is 17.7 Å². The largest absolute Gasteiger partial charge is 0.507 e. The molecule has 0 bridgehead atoms. The van der Waals surface area contributed by atoms with Crippen molar-refractivity contribution in [2.45, 2.75) is 20.3 Å². The molecule has 0 aromatic heterocycles. The monoisotopic (exact) mass is 267 g/mol. The molecule has 0 saturated heterocycles. The Bertz CT molecular complexity index is 470. The van der Waals surface area contributed by atoms with Crippen molar-refractivity contribution in [2.75, 3.05) is 11.9 Å². The Morgan fingerprint density at radius 3 is 2.63 bits per heavy atom. The van der Waals surface area contributed by atoms with Crippen LogP contribution in [0.4, 0.5) is 10.5 Å². The first-order chi connectivity index (χ1) is 8.90. The van der Waals surface area contributed by atoms with E-state index in [4.69, 9.17) is 9.84 Å². The lowest BCUT2D eigenvalue weighted by atomic mass is 10.1. The second kappa shape index (κ2) is 6.63. The molecule has 3 N–H and O–H groups in total. The second-order valence-electron chi connectivity index (χ2n) is 4.48. The number of carboxylic acids is 1. The summed E-state index contributed by atoms with van der Waals surface area (Å²) >= 11 is 0. The zero-order chi connectivity index (χ0) is 14.4. The molecule has 1 aromatic rings. The zero-order valence-electron chi connectivity index (χ0n) is 10.8. The van der Waals surface area contributed by atoms with E-state index in [2.05, 4.69) is 5.32 Å². The average molecular weight is 267 g/mol. The van der Waals surface area contributed by atoms with E-state index >= 15 is 0 Å². The van der Waals surface area contributed by atoms with Crippen molar-refractivity contribution < 1.29 is 24.5 Å². The summed E-state index contributed by atoms with van der Waals surface area (Å²) in [6.45, 7) is 4.33. The van der Waals surface area contributed by atoms with Crippen molar-refractivity contribution in [3.8, 4) is 5.75 Å². The molecular weight excluding hydrogens is 250 g/mol. The van der Waals surface area contributed by atoms with Crippen LogP contribution in [0, 0.1) is 5.92 Å². The van der Waals surface area contributed by atoms with E-state index in [1.807, 2.05) is 13.8 Å². The minimum Gasteiger partial charge on any atom is -0.507 e. The number of amides is 1. The number of nitrogens with one attached hydrogen (secondary N) is 1. The fourth-order valence-corrected chi connectivity index (χ4v) is 1.33. The Hall–Kier alpha value is -2.24. The van der Waals surface area contributed by atoms with E-state index in [1.165, 1.54) is 18.2 Å². The number of aromatic hydroxyl groups is 1. The third-order valence-corrected chi connectivity index (χ3v) is 2.40. The number of benzene rings is 1. The Balaban J connectivity index is 2.60. The minimum absolute atomic E-state index is 0.254. The third-order valence-electron chi connectivity index (χ3n) is 2.40. The molecule has 0 unspecified atom stereocenters. The van der Waals surface area contributed by atoms with Gasteiger partial charge < -0.3 is 14.9 Å². The highest BCUT2D eigenvalue weighted by Gasteiger charge is 2.11. The molecule has 0 radical (unpaired) electrons. The molecule has 0 aliphatic rings. The van der Waals surface area contributed by atoms with Gasteiger partial charge in [-0.25, -0.2) is 9.59 Å². The minimum atomic E-state index is -1.27. The van der Waals surface area contributed by atoms with E-state index in [9.17, 15) is 14.7 Å². The van der Waals surface area contributed by atoms with Gasteiger partial charge in [0, 0.05) is 5.69 Å². The lowest BCUT2D eigenvalue weighted by Crippen LogP contribution is -2.15. The quantitative estimate of drug-likeness (QED) is 0.713. The van der Waals surface area contributed by atoms with Crippen LogP contribution in [0.1, 0.15) is 30.6 Å². The van der Waals surface area contributed by atoms with Crippen LogP contribution in [0.25, 0.3) is 0 Å². The highest BCUT2D eigenvalue weighted by Crippen LogP contribution is 2.21. The van der Waals surface area contributed by atoms with Gasteiger partial charge in [0.05, 0.1) is 6.61 Å². The zero-order valence-corrected chi connectivity index (χ0v) is 10.8. The molecule has 0 aliphatic heterocycles. The maximum atomic E-state index is 11.4. The number of carbonyl (C=O) groups excluding carboxylic acids is 1. The highest BCUT2D eigenvalue weighted by molar-refractivity contribution is 5.93. The maximum Gasteiger partial charge on any atom is 0.411 e. The first-order valence-electron chi connectivity index (χ1n) is 5.90.